The zero-order valence-corrected chi connectivity index (χ0v) is 12.8. The Hall–Kier alpha value is -1.49. The minimum Gasteiger partial charge on any atom is -0.236 e. The van der Waals surface area contributed by atoms with Gasteiger partial charge in [0.25, 0.3) is 6.43 Å². The van der Waals surface area contributed by atoms with Gasteiger partial charge in [-0.1, -0.05) is 11.6 Å². The average molecular weight is 426 g/mol. The molecule has 0 fully saturated rings. The molecule has 0 unspecified atom stereocenters. The van der Waals surface area contributed by atoms with Gasteiger partial charge in [0.1, 0.15) is 20.9 Å². The largest absolute Gasteiger partial charge is 0.283 e. The van der Waals surface area contributed by atoms with Gasteiger partial charge in [-0.2, -0.15) is 5.10 Å². The Morgan fingerprint density at radius 1 is 1.29 bits per heavy atom. The fraction of sp³-hybridized carbons (Fsp3) is 0.0909. The fourth-order valence-electron chi connectivity index (χ4n) is 1.78. The third-order valence-electron chi connectivity index (χ3n) is 2.65. The van der Waals surface area contributed by atoms with Crippen LogP contribution in [0, 0.1) is 9.52 Å². The maximum Gasteiger partial charge on any atom is 0.283 e. The van der Waals surface area contributed by atoms with Crippen LogP contribution in [0.1, 0.15) is 12.1 Å². The van der Waals surface area contributed by atoms with Crippen LogP contribution in [0.3, 0.4) is 0 Å². The van der Waals surface area contributed by atoms with Crippen LogP contribution in [0.5, 0.6) is 0 Å². The highest BCUT2D eigenvalue weighted by Crippen LogP contribution is 2.30. The van der Waals surface area contributed by atoms with Crippen molar-refractivity contribution in [2.45, 2.75) is 6.43 Å². The van der Waals surface area contributed by atoms with Gasteiger partial charge in [-0.15, -0.1) is 0 Å². The highest BCUT2D eigenvalue weighted by atomic mass is 127. The predicted octanol–water partition coefficient (Wildman–Crippen LogP) is 3.52. The molecular formula is C11H4ClF3IN5. The number of aromatic nitrogens is 5. The summed E-state index contributed by atoms with van der Waals surface area (Å²) < 4.78 is 40.6. The van der Waals surface area contributed by atoms with Gasteiger partial charge in [0, 0.05) is 6.07 Å². The first-order valence-corrected chi connectivity index (χ1v) is 6.93. The Morgan fingerprint density at radius 2 is 2.05 bits per heavy atom. The molecule has 0 aliphatic rings. The molecule has 0 aliphatic heterocycles. The minimum absolute atomic E-state index is 0.0749. The van der Waals surface area contributed by atoms with Crippen molar-refractivity contribution in [3.8, 4) is 11.3 Å². The molecule has 0 radical (unpaired) electrons. The topological polar surface area (TPSA) is 56.0 Å². The van der Waals surface area contributed by atoms with E-state index in [-0.39, 0.29) is 10.8 Å². The van der Waals surface area contributed by atoms with Crippen LogP contribution in [0.4, 0.5) is 13.2 Å². The summed E-state index contributed by atoms with van der Waals surface area (Å²) in [5.74, 6) is -1.12. The minimum atomic E-state index is -3.02. The van der Waals surface area contributed by atoms with Crippen LogP contribution < -0.4 is 0 Å². The van der Waals surface area contributed by atoms with Crippen LogP contribution in [0.15, 0.2) is 18.6 Å². The number of hydrogen-bond donors (Lipinski definition) is 0. The molecule has 108 valence electrons. The first kappa shape index (κ1) is 14.4. The van der Waals surface area contributed by atoms with E-state index in [0.29, 0.717) is 15.0 Å². The summed E-state index contributed by atoms with van der Waals surface area (Å²) in [6.45, 7) is 0. The lowest BCUT2D eigenvalue weighted by atomic mass is 10.2. The maximum atomic E-state index is 13.5. The summed E-state index contributed by atoms with van der Waals surface area (Å²) in [5.41, 5.74) is -0.0957. The Kier molecular flexibility index (Phi) is 3.69. The Labute approximate surface area is 134 Å². The lowest BCUT2D eigenvalue weighted by Crippen LogP contribution is -2.01. The molecule has 0 saturated heterocycles. The van der Waals surface area contributed by atoms with Crippen LogP contribution in [0.25, 0.3) is 16.9 Å². The van der Waals surface area contributed by atoms with Crippen molar-refractivity contribution in [3.05, 3.63) is 39.0 Å². The van der Waals surface area contributed by atoms with E-state index in [4.69, 9.17) is 11.6 Å². The molecule has 21 heavy (non-hydrogen) atoms. The van der Waals surface area contributed by atoms with E-state index in [1.54, 1.807) is 0 Å². The predicted molar refractivity (Wildman–Crippen MR) is 76.7 cm³/mol. The second-order valence-electron chi connectivity index (χ2n) is 3.93. The Balaban J connectivity index is 2.32. The monoisotopic (exact) mass is 425 g/mol. The first-order valence-electron chi connectivity index (χ1n) is 5.47. The molecule has 0 saturated carbocycles. The molecule has 0 aliphatic carbocycles. The molecule has 3 heterocycles. The zero-order valence-electron chi connectivity index (χ0n) is 9.94. The van der Waals surface area contributed by atoms with Crippen molar-refractivity contribution >= 4 is 39.8 Å². The van der Waals surface area contributed by atoms with E-state index in [1.165, 1.54) is 12.4 Å². The second-order valence-corrected chi connectivity index (χ2v) is 5.34. The highest BCUT2D eigenvalue weighted by Gasteiger charge is 2.22. The van der Waals surface area contributed by atoms with Gasteiger partial charge in [-0.25, -0.2) is 32.6 Å². The number of rotatable bonds is 2. The summed E-state index contributed by atoms with van der Waals surface area (Å²) in [6.07, 6.45) is -0.933. The molecule has 0 N–H and O–H groups in total. The number of hydrogen-bond acceptors (Lipinski definition) is 4. The smallest absolute Gasteiger partial charge is 0.236 e. The first-order chi connectivity index (χ1) is 9.97. The summed E-state index contributed by atoms with van der Waals surface area (Å²) in [7, 11) is 0. The summed E-state index contributed by atoms with van der Waals surface area (Å²) in [6, 6.07) is 1.45. The van der Waals surface area contributed by atoms with Gasteiger partial charge in [-0.3, -0.25) is 0 Å². The number of alkyl halides is 2. The molecule has 0 atom stereocenters. The van der Waals surface area contributed by atoms with Gasteiger partial charge in [0.2, 0.25) is 0 Å². The lowest BCUT2D eigenvalue weighted by Gasteiger charge is -2.03. The third-order valence-corrected chi connectivity index (χ3v) is 3.61. The van der Waals surface area contributed by atoms with Gasteiger partial charge in [0.05, 0.1) is 17.5 Å². The van der Waals surface area contributed by atoms with Crippen LogP contribution in [0.2, 0.25) is 5.15 Å². The number of halogens is 5. The summed E-state index contributed by atoms with van der Waals surface area (Å²) in [4.78, 5) is 11.4. The molecule has 10 heteroatoms. The quantitative estimate of drug-likeness (QED) is 0.466. The van der Waals surface area contributed by atoms with E-state index in [2.05, 4.69) is 20.1 Å². The highest BCUT2D eigenvalue weighted by molar-refractivity contribution is 14.1. The fourth-order valence-corrected chi connectivity index (χ4v) is 2.68. The van der Waals surface area contributed by atoms with Crippen molar-refractivity contribution in [1.29, 1.82) is 0 Å². The maximum absolute atomic E-state index is 13.5. The van der Waals surface area contributed by atoms with Crippen molar-refractivity contribution < 1.29 is 13.2 Å². The third kappa shape index (κ3) is 2.55. The lowest BCUT2D eigenvalue weighted by molar-refractivity contribution is 0.140. The van der Waals surface area contributed by atoms with Gasteiger partial charge >= 0.3 is 0 Å². The molecule has 5 nitrogen and oxygen atoms in total. The van der Waals surface area contributed by atoms with Crippen molar-refractivity contribution in [2.24, 2.45) is 0 Å². The van der Waals surface area contributed by atoms with Gasteiger partial charge < -0.3 is 0 Å². The van der Waals surface area contributed by atoms with E-state index in [9.17, 15) is 13.2 Å². The Bertz CT molecular complexity index is 838. The summed E-state index contributed by atoms with van der Waals surface area (Å²) in [5, 5.41) is 4.22. The van der Waals surface area contributed by atoms with E-state index in [0.717, 1.165) is 10.7 Å². The van der Waals surface area contributed by atoms with Crippen molar-refractivity contribution in [2.75, 3.05) is 0 Å². The van der Waals surface area contributed by atoms with Gasteiger partial charge in [0.15, 0.2) is 11.5 Å². The van der Waals surface area contributed by atoms with Crippen molar-refractivity contribution in [3.63, 3.8) is 0 Å². The molecule has 3 aromatic heterocycles. The van der Waals surface area contributed by atoms with Crippen molar-refractivity contribution in [1.82, 2.24) is 24.6 Å². The molecule has 0 bridgehead atoms. The molecule has 3 aromatic rings. The van der Waals surface area contributed by atoms with Crippen LogP contribution in [-0.4, -0.2) is 24.6 Å². The molecule has 3 rings (SSSR count). The van der Waals surface area contributed by atoms with E-state index >= 15 is 0 Å². The average Bonchev–Trinajstić information content (AvgIpc) is 2.72. The number of fused-ring (bicyclic) bond motifs is 1. The molecule has 0 aromatic carbocycles. The normalized spacial score (nSPS) is 11.5. The molecule has 0 amide bonds. The zero-order chi connectivity index (χ0) is 15.1. The molecular weight excluding hydrogens is 422 g/mol. The SMILES string of the molecule is Fc1cn2nc(I)c(-c3cc(Cl)ncn3)c2nc1C(F)F. The van der Waals surface area contributed by atoms with Gasteiger partial charge in [-0.05, 0) is 22.6 Å². The summed E-state index contributed by atoms with van der Waals surface area (Å²) >= 11 is 7.68. The second kappa shape index (κ2) is 5.37. The standard InChI is InChI=1S/C11H4ClF3IN5/c12-6-1-5(17-3-18-6)7-10(16)20-21-2-4(13)8(9(14)15)19-11(7)21/h1-3,9H. The van der Waals surface area contributed by atoms with Crippen LogP contribution >= 0.6 is 34.2 Å². The van der Waals surface area contributed by atoms with E-state index in [1.807, 2.05) is 22.6 Å². The Morgan fingerprint density at radius 3 is 2.71 bits per heavy atom. The number of nitrogens with zero attached hydrogens (tertiary/aromatic N) is 5. The molecule has 0 spiro atoms. The van der Waals surface area contributed by atoms with Crippen LogP contribution in [-0.2, 0) is 0 Å². The van der Waals surface area contributed by atoms with E-state index < -0.39 is 17.9 Å².